The largest absolute Gasteiger partial charge is 0.478 e. The first-order chi connectivity index (χ1) is 56.3. The second-order valence-electron chi connectivity index (χ2n) is 17.6. The third-order valence-electron chi connectivity index (χ3n) is 11.1. The minimum atomic E-state index is -1.35. The summed E-state index contributed by atoms with van der Waals surface area (Å²) in [6, 6.07) is 15.2. The van der Waals surface area contributed by atoms with Gasteiger partial charge in [-0.1, -0.05) is 0 Å². The Morgan fingerprint density at radius 2 is 0.545 bits per heavy atom. The number of halogens is 63. The molecule has 0 aliphatic carbocycles. The number of hydrogen-bond acceptors (Lipinski definition) is 10. The molecule has 3 aliphatic heterocycles. The average Bonchev–Trinajstić information content (AvgIpc) is 0.834. The summed E-state index contributed by atoms with van der Waals surface area (Å²) in [4.78, 5) is 73.0. The van der Waals surface area contributed by atoms with Crippen LogP contribution in [0.2, 0.25) is 0 Å². The standard InChI is InChI=1S/C13H14FNO4.C12H12FNO4.C11H11BrFNO2.C7H4BrFO2.I20.I19.I18/c1-18-13(17)10-3-2-9(8-11(10)14)12(16)15-4-6-19-7-5-15;13-10-7-8(1-2-9(10)12(16)17)11(15)14-3-5-18-6-4-14;12-9-2-1-8(7-10(9)13)11(15)14-3-5-16-6-4-14;8-5-2-1-4(7(10)11)3-6(5)9;1-12(2)14(5)16(7)18(9)20(11)19(10)17(8)15(6)13(3)4;1-11-13(4)15(6)17(8)19(10)18(9)16(7)14(5)12(2)3;1-11(2)13(5)15(7)17(9)18(10)16(8)14(6)12(3)4/h2-3,8H,4-7H2,1H3;1-2,7H,3-6H2,(H,16,17);1-2,7H,3-6H2;1-3H,(H,10,11);;;/q;;;;;-1;. The Labute approximate surface area is 1120 Å². The molecule has 4 aromatic rings. The number of esters is 1. The van der Waals surface area contributed by atoms with Crippen molar-refractivity contribution in [3.63, 3.8) is 0 Å². The van der Waals surface area contributed by atoms with E-state index in [1.54, 1.807) is 26.8 Å². The maximum atomic E-state index is 13.7. The molecule has 3 aliphatic rings. The monoisotopic (exact) mass is 8260 g/mol. The molecule has 3 amide bonds. The van der Waals surface area contributed by atoms with Crippen LogP contribution < -0.4 is 13.3 Å². The molecule has 0 unspecified atom stereocenters. The summed E-state index contributed by atoms with van der Waals surface area (Å²) in [5.74, 6) is -6.60. The fourth-order valence-corrected chi connectivity index (χ4v) is 8180. The van der Waals surface area contributed by atoms with Gasteiger partial charge in [0.2, 0.25) is 0 Å². The molecule has 0 atom stereocenters. The molecule has 15 nitrogen and oxygen atoms in total. The minimum Gasteiger partial charge on any atom is -0.478 e. The smallest absolute Gasteiger partial charge is 0.338 e. The van der Waals surface area contributed by atoms with Gasteiger partial charge in [0.15, 0.2) is 0 Å². The van der Waals surface area contributed by atoms with E-state index < -0.39 is 126 Å². The van der Waals surface area contributed by atoms with Crippen molar-refractivity contribution in [3.8, 4) is 0 Å². The van der Waals surface area contributed by atoms with Gasteiger partial charge in [0.1, 0.15) is 23.3 Å². The Morgan fingerprint density at radius 1 is 0.331 bits per heavy atom. The van der Waals surface area contributed by atoms with E-state index in [0.717, 1.165) is 24.3 Å². The van der Waals surface area contributed by atoms with E-state index in [1.807, 2.05) is 0 Å². The van der Waals surface area contributed by atoms with Gasteiger partial charge in [-0.15, -0.1) is 0 Å². The number of methoxy groups -OCH3 is 1. The SMILES string of the molecule is COC(=O)c1ccc(C(=O)N2CCOCC2)cc1F.II(I)I(I)I(I)I(I)I(I)I(I)I(I)I(I)I.II(I)I(I)I(I)I(I)I(I)I(I)I(I)I(I)I(I)I.I[I-]I(I)I(I)I(I)I(I)I(I)I(I)I(I)I(I)I.O=C(O)c1ccc(Br)c(F)c1.O=C(O)c1ccc(C(=O)N2CCOCC2)cc1F.O=C(c1ccc(Br)c(F)c1)N1CCOCC1. The molecule has 121 heavy (non-hydrogen) atoms. The van der Waals surface area contributed by atoms with Crippen LogP contribution >= 0.6 is 806 Å². The molecule has 0 spiro atoms. The number of carbonyl (C=O) groups excluding carboxylic acids is 4. The second-order valence-corrected chi connectivity index (χ2v) is 1250. The Hall–Kier alpha value is 35.9. The summed E-state index contributed by atoms with van der Waals surface area (Å²) in [5.41, 5.74) is 0.0781. The molecule has 3 heterocycles. The van der Waals surface area contributed by atoms with Crippen LogP contribution in [0.4, 0.5) is 17.6 Å². The van der Waals surface area contributed by atoms with Crippen molar-refractivity contribution in [2.75, 3.05) is 86.0 Å². The molecule has 4 aromatic carbocycles. The van der Waals surface area contributed by atoms with Gasteiger partial charge in [0.25, 0.3) is 17.7 Å². The van der Waals surface area contributed by atoms with Gasteiger partial charge in [-0.2, -0.15) is 0 Å². The first kappa shape index (κ1) is 155. The average molecular weight is 8260 g/mol. The Kier molecular flexibility index (Phi) is 116. The Morgan fingerprint density at radius 3 is 0.760 bits per heavy atom. The molecule has 0 bridgehead atoms. The zero-order valence-electron chi connectivity index (χ0n) is 55.5. The molecule has 7 rings (SSSR count). The number of nitrogens with zero attached hydrogens (tertiary/aromatic N) is 3. The van der Waals surface area contributed by atoms with Crippen LogP contribution in [0.1, 0.15) is 62.1 Å². The molecule has 2 N–H and O–H groups in total. The third kappa shape index (κ3) is 64.1. The predicted molar refractivity (Wildman–Crippen MR) is 1010 cm³/mol. The van der Waals surface area contributed by atoms with E-state index >= 15 is 0 Å². The molecule has 78 heteroatoms. The zero-order valence-corrected chi connectivity index (χ0v) is 182. The molecule has 3 fully saturated rings. The number of carbonyl (C=O) groups is 6. The summed E-state index contributed by atoms with van der Waals surface area (Å²) in [6.45, 7) is 6.00. The van der Waals surface area contributed by atoms with Crippen molar-refractivity contribution < 1.29 is 88.7 Å². The number of aromatic carboxylic acids is 2. The molecular weight excluding hydrogens is 8220 g/mol. The number of amides is 3. The van der Waals surface area contributed by atoms with Crippen molar-refractivity contribution in [2.45, 2.75) is 0 Å². The summed E-state index contributed by atoms with van der Waals surface area (Å²) < 4.78 is 73.6. The Bertz CT molecular complexity index is 3760. The van der Waals surface area contributed by atoms with Crippen molar-refractivity contribution in [1.82, 2.24) is 14.7 Å². The number of carboxylic acids is 2. The van der Waals surface area contributed by atoms with Gasteiger partial charge in [0.05, 0.1) is 72.4 Å². The summed E-state index contributed by atoms with van der Waals surface area (Å²) >= 11 is 100. The third-order valence-corrected chi connectivity index (χ3v) is 3730. The van der Waals surface area contributed by atoms with Crippen LogP contribution in [-0.2, 0) is 18.9 Å². The normalized spacial score (nSPS) is 16.0. The van der Waals surface area contributed by atoms with E-state index in [-0.39, 0.29) is 163 Å². The van der Waals surface area contributed by atoms with Crippen LogP contribution in [-0.4, -0.2) is 147 Å². The van der Waals surface area contributed by atoms with Crippen molar-refractivity contribution >= 4 is 842 Å². The fraction of sp³-hybridized carbons (Fsp3) is 0.302. The topological polar surface area (TPSA) is 190 Å². The van der Waals surface area contributed by atoms with Crippen LogP contribution in [0.3, 0.4) is 0 Å². The van der Waals surface area contributed by atoms with Crippen LogP contribution in [0, 0.1) is 23.3 Å². The summed E-state index contributed by atoms with van der Waals surface area (Å²) in [6.07, 6.45) is 0. The number of carboxylic acid groups (broad SMARTS) is 2. The van der Waals surface area contributed by atoms with E-state index in [9.17, 15) is 46.3 Å². The van der Waals surface area contributed by atoms with Crippen LogP contribution in [0.15, 0.2) is 81.7 Å². The zero-order chi connectivity index (χ0) is 93.1. The molecule has 742 valence electrons. The van der Waals surface area contributed by atoms with Crippen molar-refractivity contribution in [2.24, 2.45) is 0 Å². The maximum Gasteiger partial charge on any atom is 0.338 e. The van der Waals surface area contributed by atoms with Crippen LogP contribution in [0.5, 0.6) is 0 Å². The van der Waals surface area contributed by atoms with Gasteiger partial charge < -0.3 is 43.9 Å². The minimum absolute atomic E-state index is 0.0503. The van der Waals surface area contributed by atoms with Gasteiger partial charge in [0, 0.05) is 56.0 Å². The van der Waals surface area contributed by atoms with E-state index in [2.05, 4.69) is 614 Å². The van der Waals surface area contributed by atoms with Crippen molar-refractivity contribution in [3.05, 3.63) is 138 Å². The first-order valence-corrected chi connectivity index (χ1v) is 368. The first-order valence-electron chi connectivity index (χ1n) is 26.9. The maximum absolute atomic E-state index is 13.7. The van der Waals surface area contributed by atoms with Gasteiger partial charge >= 0.3 is 806 Å². The second kappa shape index (κ2) is 90.8. The quantitative estimate of drug-likeness (QED) is 0.0298. The number of morpholine rings is 3. The molecule has 3 saturated heterocycles. The van der Waals surface area contributed by atoms with Gasteiger partial charge in [-0.25, -0.2) is 31.9 Å². The van der Waals surface area contributed by atoms with E-state index in [1.165, 1.54) is 43.5 Å². The molecular formula is C43H41Br2F4I57N3O12-. The van der Waals surface area contributed by atoms with E-state index in [0.29, 0.717) is 102 Å². The van der Waals surface area contributed by atoms with Gasteiger partial charge in [-0.05, 0) is 105 Å². The number of rotatable bonds is 29. The van der Waals surface area contributed by atoms with Crippen molar-refractivity contribution in [1.29, 1.82) is 0 Å². The summed E-state index contributed by atoms with van der Waals surface area (Å²) in [7, 11) is -8.60. The van der Waals surface area contributed by atoms with E-state index in [4.69, 9.17) is 24.4 Å². The number of ether oxygens (including phenoxy) is 4. The van der Waals surface area contributed by atoms with Crippen LogP contribution in [0.25, 0.3) is 0 Å². The van der Waals surface area contributed by atoms with Gasteiger partial charge in [-0.3, -0.25) is 14.4 Å². The Balaban J connectivity index is 0.000000709. The molecule has 0 aromatic heterocycles. The predicted octanol–water partition coefficient (Wildman–Crippen LogP) is 53.0. The number of hydrogen-bond donors (Lipinski definition) is 2. The summed E-state index contributed by atoms with van der Waals surface area (Å²) in [5, 5.41) is 17.1. The molecule has 0 saturated carbocycles. The fourth-order valence-electron chi connectivity index (χ4n) is 6.45. The molecule has 0 radical (unpaired) electrons. The number of benzene rings is 4.